The van der Waals surface area contributed by atoms with Gasteiger partial charge in [0.1, 0.15) is 17.7 Å². The minimum atomic E-state index is -4.73. The monoisotopic (exact) mass is 651 g/mol. The molecule has 0 aliphatic carbocycles. The quantitative estimate of drug-likeness (QED) is 0.369. The molecule has 0 bridgehead atoms. The van der Waals surface area contributed by atoms with E-state index >= 15 is 0 Å². The molecule has 1 aromatic heterocycles. The van der Waals surface area contributed by atoms with Crippen LogP contribution in [0.4, 0.5) is 30.5 Å². The van der Waals surface area contributed by atoms with Crippen LogP contribution in [0.2, 0.25) is 0 Å². The van der Waals surface area contributed by atoms with Gasteiger partial charge in [0.15, 0.2) is 5.69 Å². The zero-order valence-corrected chi connectivity index (χ0v) is 25.7. The highest BCUT2D eigenvalue weighted by Crippen LogP contribution is 2.34. The molecule has 2 aliphatic heterocycles. The maximum atomic E-state index is 13.8. The van der Waals surface area contributed by atoms with Crippen molar-refractivity contribution in [1.29, 1.82) is 0 Å². The first kappa shape index (κ1) is 35.2. The highest BCUT2D eigenvalue weighted by Gasteiger charge is 2.39. The van der Waals surface area contributed by atoms with Crippen molar-refractivity contribution in [3.8, 4) is 0 Å². The van der Waals surface area contributed by atoms with Gasteiger partial charge in [-0.15, -0.1) is 12.6 Å². The fourth-order valence-corrected chi connectivity index (χ4v) is 5.57. The van der Waals surface area contributed by atoms with Crippen LogP contribution < -0.4 is 20.4 Å². The Morgan fingerprint density at radius 2 is 1.73 bits per heavy atom. The summed E-state index contributed by atoms with van der Waals surface area (Å²) < 4.78 is 66.9. The Hall–Kier alpha value is -4.26. The first-order chi connectivity index (χ1) is 21.4. The van der Waals surface area contributed by atoms with Crippen LogP contribution >= 0.6 is 0 Å². The van der Waals surface area contributed by atoms with Crippen LogP contribution in [0.1, 0.15) is 56.3 Å². The third kappa shape index (κ3) is 10.7. The number of rotatable bonds is 10. The summed E-state index contributed by atoms with van der Waals surface area (Å²) in [5.74, 6) is -0.741. The van der Waals surface area contributed by atoms with Crippen LogP contribution in [0.5, 0.6) is 0 Å². The number of piperidine rings is 1. The lowest BCUT2D eigenvalue weighted by Crippen LogP contribution is -2.44. The zero-order valence-electron chi connectivity index (χ0n) is 24.8. The van der Waals surface area contributed by atoms with Gasteiger partial charge in [-0.3, -0.25) is 9.59 Å². The van der Waals surface area contributed by atoms with E-state index in [0.29, 0.717) is 63.5 Å². The van der Waals surface area contributed by atoms with Gasteiger partial charge in [0, 0.05) is 45.7 Å². The molecule has 4 rings (SSSR count). The lowest BCUT2D eigenvalue weighted by molar-refractivity contribution is -0.144. The lowest BCUT2D eigenvalue weighted by atomic mass is 9.91. The molecule has 0 unspecified atom stereocenters. The average molecular weight is 652 g/mol. The van der Waals surface area contributed by atoms with Gasteiger partial charge < -0.3 is 20.4 Å². The predicted octanol–water partition coefficient (Wildman–Crippen LogP) is 3.50. The minimum absolute atomic E-state index is 0.00922. The Kier molecular flexibility index (Phi) is 13.1. The van der Waals surface area contributed by atoms with Crippen molar-refractivity contribution < 1.29 is 35.4 Å². The van der Waals surface area contributed by atoms with E-state index < -0.39 is 28.7 Å². The summed E-state index contributed by atoms with van der Waals surface area (Å²) in [6.45, 7) is 9.15. The van der Waals surface area contributed by atoms with E-state index in [-0.39, 0.29) is 23.5 Å². The summed E-state index contributed by atoms with van der Waals surface area (Å²) in [4.78, 5) is 39.3. The molecule has 0 saturated carbocycles. The van der Waals surface area contributed by atoms with Crippen LogP contribution in [0, 0.1) is 12.5 Å². The van der Waals surface area contributed by atoms with Gasteiger partial charge >= 0.3 is 16.8 Å². The van der Waals surface area contributed by atoms with Crippen molar-refractivity contribution in [3.05, 3.63) is 53.1 Å². The van der Waals surface area contributed by atoms with Gasteiger partial charge in [-0.2, -0.15) is 13.2 Å². The molecular formula is C29H36F3N7O5S. The van der Waals surface area contributed by atoms with E-state index in [2.05, 4.69) is 25.4 Å². The van der Waals surface area contributed by atoms with Gasteiger partial charge in [0.2, 0.25) is 17.6 Å². The highest BCUT2D eigenvalue weighted by atomic mass is 32.2. The molecule has 3 heterocycles. The summed E-state index contributed by atoms with van der Waals surface area (Å²) in [6.07, 6.45) is 0.682. The standard InChI is InChI=1S/C29H36F3N7O2.O3S/c1-33-22-9-4-3-8-21(22)12-15-35-27(41)23-10-6-16-39(23)25-19-24(36-28(37-25)29(30,31)32)38-17-13-20(14-18-38)7-5-11-26(40)34-2;1-4(2)3/h3-4,8-9,19-20,23H,5-7,10-18H2,2H3,(H,34,40)(H,35,41);/t23-;/m0./s1. The van der Waals surface area contributed by atoms with Crippen LogP contribution in [0.15, 0.2) is 30.3 Å². The molecule has 45 heavy (non-hydrogen) atoms. The van der Waals surface area contributed by atoms with E-state index in [4.69, 9.17) is 19.2 Å². The Bertz CT molecular complexity index is 1470. The molecule has 16 heteroatoms. The van der Waals surface area contributed by atoms with Crippen molar-refractivity contribution >= 4 is 39.7 Å². The first-order valence-corrected chi connectivity index (χ1v) is 15.6. The molecule has 2 fully saturated rings. The summed E-state index contributed by atoms with van der Waals surface area (Å²) in [5.41, 5.74) is 1.36. The Morgan fingerprint density at radius 1 is 1.07 bits per heavy atom. The molecule has 12 nitrogen and oxygen atoms in total. The number of nitrogens with zero attached hydrogens (tertiary/aromatic N) is 5. The summed E-state index contributed by atoms with van der Waals surface area (Å²) in [5, 5.41) is 5.51. The number of aromatic nitrogens is 2. The number of carbonyl (C=O) groups excluding carboxylic acids is 2. The Morgan fingerprint density at radius 3 is 2.38 bits per heavy atom. The lowest BCUT2D eigenvalue weighted by Gasteiger charge is -2.34. The van der Waals surface area contributed by atoms with Crippen LogP contribution in [-0.2, 0) is 32.8 Å². The number of benzene rings is 1. The number of amides is 2. The molecule has 0 radical (unpaired) electrons. The number of nitrogens with one attached hydrogen (secondary N) is 2. The third-order valence-electron chi connectivity index (χ3n) is 7.84. The molecule has 2 aliphatic rings. The SMILES string of the molecule is O=S(=O)=O.[C-]#[N+]c1ccccc1CCNC(=O)[C@@H]1CCCN1c1cc(N2CCC(CCCC(=O)NC)CC2)nc(C(F)(F)F)n1. The number of halogens is 3. The second kappa shape index (κ2) is 16.7. The Balaban J connectivity index is 0.00000130. The van der Waals surface area contributed by atoms with Gasteiger partial charge in [-0.25, -0.2) is 14.8 Å². The second-order valence-corrected chi connectivity index (χ2v) is 11.1. The summed E-state index contributed by atoms with van der Waals surface area (Å²) in [6, 6.07) is 8.13. The maximum Gasteiger partial charge on any atom is 0.451 e. The maximum absolute atomic E-state index is 13.8. The average Bonchev–Trinajstić information content (AvgIpc) is 3.51. The number of hydrogen-bond donors (Lipinski definition) is 2. The van der Waals surface area contributed by atoms with Gasteiger partial charge in [0.05, 0.1) is 6.57 Å². The van der Waals surface area contributed by atoms with E-state index in [0.717, 1.165) is 31.2 Å². The number of para-hydroxylation sites is 1. The minimum Gasteiger partial charge on any atom is -0.359 e. The highest BCUT2D eigenvalue weighted by molar-refractivity contribution is 7.59. The van der Waals surface area contributed by atoms with Gasteiger partial charge in [-0.1, -0.05) is 24.3 Å². The van der Waals surface area contributed by atoms with Gasteiger partial charge in [-0.05, 0) is 56.4 Å². The number of hydrogen-bond acceptors (Lipinski definition) is 9. The van der Waals surface area contributed by atoms with E-state index in [1.54, 1.807) is 30.1 Å². The molecular weight excluding hydrogens is 615 g/mol. The molecule has 1 aromatic carbocycles. The van der Waals surface area contributed by atoms with E-state index in [1.165, 1.54) is 0 Å². The fraction of sp³-hybridized carbons (Fsp3) is 0.552. The fourth-order valence-electron chi connectivity index (χ4n) is 5.57. The van der Waals surface area contributed by atoms with Crippen LogP contribution in [0.25, 0.3) is 4.85 Å². The number of anilines is 2. The zero-order chi connectivity index (χ0) is 33.0. The van der Waals surface area contributed by atoms with Crippen molar-refractivity contribution in [2.24, 2.45) is 5.92 Å². The van der Waals surface area contributed by atoms with Crippen LogP contribution in [-0.4, -0.2) is 73.7 Å². The van der Waals surface area contributed by atoms with E-state index in [9.17, 15) is 22.8 Å². The molecule has 244 valence electrons. The van der Waals surface area contributed by atoms with Crippen molar-refractivity contribution in [2.45, 2.75) is 63.6 Å². The van der Waals surface area contributed by atoms with Crippen molar-refractivity contribution in [3.63, 3.8) is 0 Å². The van der Waals surface area contributed by atoms with E-state index in [1.807, 2.05) is 17.0 Å². The van der Waals surface area contributed by atoms with Crippen molar-refractivity contribution in [2.75, 3.05) is 43.0 Å². The smallest absolute Gasteiger partial charge is 0.359 e. The van der Waals surface area contributed by atoms with Crippen molar-refractivity contribution in [1.82, 2.24) is 20.6 Å². The second-order valence-electron chi connectivity index (χ2n) is 10.7. The molecule has 2 N–H and O–H groups in total. The van der Waals surface area contributed by atoms with Crippen LogP contribution in [0.3, 0.4) is 0 Å². The molecule has 2 amide bonds. The molecule has 2 aromatic rings. The third-order valence-corrected chi connectivity index (χ3v) is 7.84. The molecule has 2 saturated heterocycles. The number of carbonyl (C=O) groups is 2. The Labute approximate surface area is 261 Å². The predicted molar refractivity (Wildman–Crippen MR) is 159 cm³/mol. The first-order valence-electron chi connectivity index (χ1n) is 14.6. The topological polar surface area (TPSA) is 146 Å². The summed E-state index contributed by atoms with van der Waals surface area (Å²) in [7, 11) is -1.50. The molecule has 0 spiro atoms. The largest absolute Gasteiger partial charge is 0.451 e. The molecule has 1 atom stereocenters. The summed E-state index contributed by atoms with van der Waals surface area (Å²) >= 11 is 0. The van der Waals surface area contributed by atoms with Gasteiger partial charge in [0.25, 0.3) is 0 Å². The number of alkyl halides is 3. The normalized spacial score (nSPS) is 16.7.